The van der Waals surface area contributed by atoms with Crippen molar-refractivity contribution in [2.75, 3.05) is 52.0 Å². The van der Waals surface area contributed by atoms with Crippen LogP contribution in [0.25, 0.3) is 5.52 Å². The van der Waals surface area contributed by atoms with Crippen molar-refractivity contribution in [2.45, 2.75) is 288 Å². The molecule has 0 aliphatic carbocycles. The predicted molar refractivity (Wildman–Crippen MR) is 392 cm³/mol. The smallest absolute Gasteiger partial charge is 0.402 e. The molecule has 3 aromatic carbocycles. The van der Waals surface area contributed by atoms with Gasteiger partial charge in [-0.25, -0.2) is 14.1 Å². The summed E-state index contributed by atoms with van der Waals surface area (Å²) in [6.07, 6.45) is 39.6. The summed E-state index contributed by atoms with van der Waals surface area (Å²) < 4.78 is 77.4. The second kappa shape index (κ2) is 48.4. The number of hydrogen-bond acceptors (Lipinski definition) is 18. The van der Waals surface area contributed by atoms with Gasteiger partial charge >= 0.3 is 7.82 Å². The molecule has 0 radical (unpaired) electrons. The lowest BCUT2D eigenvalue weighted by molar-refractivity contribution is -0.204. The molecule has 2 fully saturated rings. The zero-order valence-corrected chi connectivity index (χ0v) is 62.2. The van der Waals surface area contributed by atoms with Crippen molar-refractivity contribution >= 4 is 30.8 Å². The van der Waals surface area contributed by atoms with Crippen LogP contribution in [0, 0.1) is 34.0 Å². The van der Waals surface area contributed by atoms with Gasteiger partial charge in [0.05, 0.1) is 80.2 Å². The molecule has 100 heavy (non-hydrogen) atoms. The minimum atomic E-state index is -4.56. The topological polar surface area (TPSA) is 257 Å². The van der Waals surface area contributed by atoms with E-state index in [0.717, 1.165) is 31.2 Å². The number of unbranched alkanes of at least 4 members (excludes halogenated alkanes) is 30. The van der Waals surface area contributed by atoms with E-state index < -0.39 is 50.2 Å². The van der Waals surface area contributed by atoms with Crippen LogP contribution in [0.4, 0.5) is 5.82 Å². The fourth-order valence-corrected chi connectivity index (χ4v) is 14.2. The normalized spacial score (nSPS) is 18.1. The highest BCUT2D eigenvalue weighted by molar-refractivity contribution is 7.49. The zero-order valence-electron chi connectivity index (χ0n) is 60.6. The van der Waals surface area contributed by atoms with E-state index in [1.165, 1.54) is 191 Å². The highest BCUT2D eigenvalue weighted by Gasteiger charge is 2.65. The SMILES string of the molecule is CCCCCCCCCCCCCCCCCCOC[C@H](CO)OCc1ccccc1C#N.CCCCCCCCCCCCCCCCCCOC[C@H](COP(=O)(OC[C@H]1O[C@@](C#N)(c2ccc3c(N)ncnn23)[C@@H]2OC(C)(C)O[C@@H]21)Oc1ccccc1Cl)OCc1ccccc1C#N. The molecule has 4 heterocycles. The lowest BCUT2D eigenvalue weighted by atomic mass is 9.92. The number of halogens is 1. The fourth-order valence-electron chi connectivity index (χ4n) is 12.7. The molecule has 2 saturated heterocycles. The average molecular weight is 1420 g/mol. The lowest BCUT2D eigenvalue weighted by Crippen LogP contribution is -2.40. The maximum absolute atomic E-state index is 14.8. The molecule has 2 aliphatic heterocycles. The first kappa shape index (κ1) is 83.4. The van der Waals surface area contributed by atoms with Gasteiger partial charge < -0.3 is 48.5 Å². The molecule has 7 atom stereocenters. The third kappa shape index (κ3) is 29.7. The number of ether oxygens (including phenoxy) is 7. The van der Waals surface area contributed by atoms with Crippen molar-refractivity contribution in [1.29, 1.82) is 15.8 Å². The number of aromatic nitrogens is 3. The number of para-hydroxylation sites is 1. The number of aliphatic hydroxyl groups excluding tert-OH is 1. The highest BCUT2D eigenvalue weighted by Crippen LogP contribution is 2.54. The number of aliphatic hydroxyl groups is 1. The largest absolute Gasteiger partial charge is 0.530 e. The van der Waals surface area contributed by atoms with E-state index in [1.54, 1.807) is 68.4 Å². The van der Waals surface area contributed by atoms with Gasteiger partial charge in [-0.3, -0.25) is 9.05 Å². The molecule has 2 aliphatic rings. The van der Waals surface area contributed by atoms with Crippen LogP contribution in [-0.4, -0.2) is 102 Å². The van der Waals surface area contributed by atoms with Gasteiger partial charge in [-0.2, -0.15) is 20.9 Å². The van der Waals surface area contributed by atoms with Crippen molar-refractivity contribution in [2.24, 2.45) is 0 Å². The molecule has 0 spiro atoms. The third-order valence-corrected chi connectivity index (χ3v) is 20.1. The van der Waals surface area contributed by atoms with Gasteiger partial charge in [0.15, 0.2) is 11.6 Å². The van der Waals surface area contributed by atoms with E-state index in [9.17, 15) is 20.2 Å². The summed E-state index contributed by atoms with van der Waals surface area (Å²) in [7, 11) is -4.56. The number of nitrogens with zero attached hydrogens (tertiary/aromatic N) is 6. The molecule has 1 unspecified atom stereocenters. The number of anilines is 1. The van der Waals surface area contributed by atoms with E-state index >= 15 is 0 Å². The van der Waals surface area contributed by atoms with E-state index in [1.807, 2.05) is 30.3 Å². The molecule has 7 rings (SSSR count). The second-order valence-corrected chi connectivity index (χ2v) is 29.1. The minimum absolute atomic E-state index is 0.0581. The first-order chi connectivity index (χ1) is 48.8. The quantitative estimate of drug-likeness (QED) is 0.0271. The van der Waals surface area contributed by atoms with Gasteiger partial charge in [0, 0.05) is 13.2 Å². The second-order valence-electron chi connectivity index (χ2n) is 27.1. The lowest BCUT2D eigenvalue weighted by Gasteiger charge is -2.29. The number of nitrogen functional groups attached to an aromatic ring is 1. The van der Waals surface area contributed by atoms with Crippen LogP contribution in [0.5, 0.6) is 5.75 Å². The first-order valence-corrected chi connectivity index (χ1v) is 39.5. The molecular weight excluding hydrogens is 1310 g/mol. The Morgan fingerprint density at radius 1 is 0.590 bits per heavy atom. The van der Waals surface area contributed by atoms with Crippen molar-refractivity contribution in [1.82, 2.24) is 14.6 Å². The van der Waals surface area contributed by atoms with Crippen LogP contribution >= 0.6 is 19.4 Å². The van der Waals surface area contributed by atoms with Crippen LogP contribution in [0.2, 0.25) is 5.02 Å². The molecule has 0 amide bonds. The Morgan fingerprint density at radius 2 is 1.05 bits per heavy atom. The number of benzene rings is 3. The summed E-state index contributed by atoms with van der Waals surface area (Å²) in [6.45, 7) is 9.35. The fraction of sp³-hybridized carbons (Fsp3) is 0.658. The Hall–Kier alpha value is -5.53. The Kier molecular flexibility index (Phi) is 40.4. The summed E-state index contributed by atoms with van der Waals surface area (Å²) in [4.78, 5) is 4.07. The molecule has 21 heteroatoms. The molecule has 19 nitrogen and oxygen atoms in total. The van der Waals surface area contributed by atoms with Gasteiger partial charge in [0.1, 0.15) is 54.2 Å². The average Bonchev–Trinajstić information content (AvgIpc) is 1.55. The molecule has 2 aromatic heterocycles. The predicted octanol–water partition coefficient (Wildman–Crippen LogP) is 19.3. The van der Waals surface area contributed by atoms with Gasteiger partial charge in [-0.05, 0) is 74.2 Å². The number of fused-ring (bicyclic) bond motifs is 2. The highest BCUT2D eigenvalue weighted by atomic mass is 35.5. The molecule has 0 saturated carbocycles. The van der Waals surface area contributed by atoms with Crippen LogP contribution in [0.1, 0.15) is 261 Å². The standard InChI is InChI=1S/C50H68ClN6O9P.C29H49NO3/c1-4-5-6-7-8-9-10-11-12-13-14-15-16-17-18-23-30-59-33-40(60-32-39-25-20-19-24-38(39)31-52)34-61-67(58,66-43-27-22-21-26-41(43)51)62-35-44-46-47(65-49(2,3)64-46)50(36-53,63-44)45-29-28-42-48(54)55-37-56-57(42)45;1-2-3-4-5-6-7-8-9-10-11-12-13-14-15-16-19-22-32-26-29(24-31)33-25-28-21-18-17-20-27(28)23-30/h19-22,24-29,37,40,44,46-47H,4-18,23,30,32-35H2,1-3H3,(H2,54,55,56);17-18,20-21,29,31H,2-16,19,22,24-26H2,1H3/t40-,44-,46-,47-,50+,67?;29-/m10/s1. The maximum Gasteiger partial charge on any atom is 0.530 e. The monoisotopic (exact) mass is 1420 g/mol. The molecule has 5 aromatic rings. The number of hydrogen-bond donors (Lipinski definition) is 2. The number of rotatable bonds is 54. The van der Waals surface area contributed by atoms with Crippen LogP contribution in [-0.2, 0) is 65.6 Å². The Balaban J connectivity index is 0.000000401. The van der Waals surface area contributed by atoms with Crippen LogP contribution in [0.3, 0.4) is 0 Å². The molecule has 3 N–H and O–H groups in total. The first-order valence-electron chi connectivity index (χ1n) is 37.6. The van der Waals surface area contributed by atoms with Crippen molar-refractivity contribution in [3.63, 3.8) is 0 Å². The summed E-state index contributed by atoms with van der Waals surface area (Å²) >= 11 is 6.48. The zero-order chi connectivity index (χ0) is 71.4. The molecule has 0 bridgehead atoms. The van der Waals surface area contributed by atoms with Gasteiger partial charge in [-0.15, -0.1) is 0 Å². The Morgan fingerprint density at radius 3 is 1.53 bits per heavy atom. The summed E-state index contributed by atoms with van der Waals surface area (Å²) in [5, 5.41) is 43.7. The number of phosphoric ester groups is 1. The third-order valence-electron chi connectivity index (χ3n) is 18.4. The van der Waals surface area contributed by atoms with E-state index in [-0.39, 0.29) is 49.1 Å². The maximum atomic E-state index is 14.8. The molecule has 552 valence electrons. The van der Waals surface area contributed by atoms with Crippen molar-refractivity contribution in [3.8, 4) is 24.0 Å². The van der Waals surface area contributed by atoms with E-state index in [0.29, 0.717) is 54.3 Å². The number of phosphoric acid groups is 1. The molecular formula is C79H117ClN7O12P. The van der Waals surface area contributed by atoms with Gasteiger partial charge in [0.25, 0.3) is 0 Å². The van der Waals surface area contributed by atoms with Gasteiger partial charge in [-0.1, -0.05) is 267 Å². The Bertz CT molecular complexity index is 3230. The van der Waals surface area contributed by atoms with E-state index in [4.69, 9.17) is 69.3 Å². The summed E-state index contributed by atoms with van der Waals surface area (Å²) in [5.41, 5.74) is 7.80. The number of nitrogens with two attached hydrogens (primary N) is 1. The van der Waals surface area contributed by atoms with Crippen molar-refractivity contribution in [3.05, 3.63) is 124 Å². The summed E-state index contributed by atoms with van der Waals surface area (Å²) in [5.74, 6) is -0.845. The minimum Gasteiger partial charge on any atom is -0.402 e. The summed E-state index contributed by atoms with van der Waals surface area (Å²) in [6, 6.07) is 31.1. The Labute approximate surface area is 602 Å². The number of nitriles is 3. The van der Waals surface area contributed by atoms with Crippen LogP contribution in [0.15, 0.2) is 91.3 Å². The van der Waals surface area contributed by atoms with E-state index in [2.05, 4.69) is 42.1 Å². The van der Waals surface area contributed by atoms with Gasteiger partial charge in [0.2, 0.25) is 5.60 Å². The van der Waals surface area contributed by atoms with Crippen LogP contribution < -0.4 is 10.3 Å². The van der Waals surface area contributed by atoms with Crippen molar-refractivity contribution < 1.29 is 56.4 Å².